The van der Waals surface area contributed by atoms with Crippen molar-refractivity contribution in [1.82, 2.24) is 0 Å². The molecule has 0 amide bonds. The Morgan fingerprint density at radius 2 is 1.19 bits per heavy atom. The highest BCUT2D eigenvalue weighted by atomic mass is 16.8. The van der Waals surface area contributed by atoms with Gasteiger partial charge in [-0.2, -0.15) is 0 Å². The van der Waals surface area contributed by atoms with Crippen LogP contribution in [-0.4, -0.2) is 216 Å². The molecule has 0 aromatic carbocycles. The van der Waals surface area contributed by atoms with Crippen LogP contribution >= 0.6 is 0 Å². The summed E-state index contributed by atoms with van der Waals surface area (Å²) in [5, 5.41) is 122. The molecule has 9 fully saturated rings. The van der Waals surface area contributed by atoms with Crippen molar-refractivity contribution in [3.05, 3.63) is 11.6 Å². The first-order valence-electron chi connectivity index (χ1n) is 26.7. The van der Waals surface area contributed by atoms with Crippen LogP contribution in [0.25, 0.3) is 0 Å². The molecule has 10 rings (SSSR count). The van der Waals surface area contributed by atoms with E-state index in [1.54, 1.807) is 0 Å². The van der Waals surface area contributed by atoms with E-state index in [1.165, 1.54) is 26.3 Å². The molecule has 31 atom stereocenters. The Morgan fingerprint density at radius 3 is 1.81 bits per heavy atom. The standard InChI is InChI=1S/C51H82O21/c1-20-10-15-50(63-19-20)24(5)51(62)31(72-50)17-29-27-9-8-25-16-26(11-13-48(25,6)28(27)12-14-49(29,51)7)67-47-43(71-45-38(59)35(56)33(54)22(3)65-45)40(61)42(30(18-52)68-47)70-46-39(60)36(57)41(23(4)66-46)69-44-37(58)34(55)32(53)21(2)64-44/h8,20-24,26-47,52-62H,9-19H2,1-7H3/t20-,21+,22+,23+,24-,26?,27?,28?,29?,30-,31+,32+,33+,34-,35-,36+,37-,38-,39-,40+,41+,42-,43-,44+,45+,46+,47-,48+,49+,50-,51-/m1/s1. The Morgan fingerprint density at radius 1 is 0.597 bits per heavy atom. The van der Waals surface area contributed by atoms with E-state index in [0.29, 0.717) is 37.2 Å². The van der Waals surface area contributed by atoms with E-state index in [9.17, 15) is 56.2 Å². The van der Waals surface area contributed by atoms with E-state index in [-0.39, 0.29) is 28.8 Å². The van der Waals surface area contributed by atoms with Gasteiger partial charge in [-0.05, 0) is 101 Å². The van der Waals surface area contributed by atoms with Gasteiger partial charge in [0.2, 0.25) is 0 Å². The predicted molar refractivity (Wildman–Crippen MR) is 245 cm³/mol. The van der Waals surface area contributed by atoms with Gasteiger partial charge in [0.15, 0.2) is 30.9 Å². The second-order valence-electron chi connectivity index (χ2n) is 23.9. The number of aliphatic hydroxyl groups excluding tert-OH is 10. The Bertz CT molecular complexity index is 1940. The second kappa shape index (κ2) is 20.0. The van der Waals surface area contributed by atoms with Gasteiger partial charge in [0.1, 0.15) is 85.0 Å². The Hall–Kier alpha value is -1.10. The zero-order valence-corrected chi connectivity index (χ0v) is 42.4. The summed E-state index contributed by atoms with van der Waals surface area (Å²) in [6, 6.07) is 0. The third-order valence-corrected chi connectivity index (χ3v) is 20.0. The maximum absolute atomic E-state index is 12.9. The molecule has 4 aliphatic carbocycles. The maximum atomic E-state index is 12.9. The van der Waals surface area contributed by atoms with Gasteiger partial charge in [0, 0.05) is 17.8 Å². The number of aliphatic hydroxyl groups is 11. The molecule has 0 aromatic heterocycles. The molecule has 3 saturated carbocycles. The number of rotatable bonds is 9. The summed E-state index contributed by atoms with van der Waals surface area (Å²) < 4.78 is 61.9. The fraction of sp³-hybridized carbons (Fsp3) is 0.961. The lowest BCUT2D eigenvalue weighted by atomic mass is 9.46. The van der Waals surface area contributed by atoms with Crippen molar-refractivity contribution in [2.24, 2.45) is 40.4 Å². The lowest BCUT2D eigenvalue weighted by Crippen LogP contribution is -2.67. The third-order valence-electron chi connectivity index (χ3n) is 20.0. The van der Waals surface area contributed by atoms with E-state index in [2.05, 4.69) is 33.8 Å². The molecular weight excluding hydrogens is 949 g/mol. The molecule has 0 aromatic rings. The van der Waals surface area contributed by atoms with Crippen molar-refractivity contribution in [2.75, 3.05) is 13.2 Å². The Labute approximate surface area is 420 Å². The average Bonchev–Trinajstić information content (AvgIpc) is 3.71. The van der Waals surface area contributed by atoms with Crippen molar-refractivity contribution < 1.29 is 104 Å². The summed E-state index contributed by atoms with van der Waals surface area (Å²) in [5.41, 5.74) is -0.230. The van der Waals surface area contributed by atoms with E-state index in [4.69, 9.17) is 47.4 Å². The highest BCUT2D eigenvalue weighted by Crippen LogP contribution is 2.72. The summed E-state index contributed by atoms with van der Waals surface area (Å²) in [6.07, 6.45) is -21.2. The first-order chi connectivity index (χ1) is 34.0. The molecule has 1 spiro atoms. The largest absolute Gasteiger partial charge is 0.394 e. The van der Waals surface area contributed by atoms with E-state index < -0.39 is 147 Å². The van der Waals surface area contributed by atoms with Gasteiger partial charge in [0.25, 0.3) is 0 Å². The van der Waals surface area contributed by atoms with Gasteiger partial charge in [-0.15, -0.1) is 0 Å². The minimum atomic E-state index is -1.86. The molecule has 11 N–H and O–H groups in total. The third kappa shape index (κ3) is 8.63. The van der Waals surface area contributed by atoms with Crippen LogP contribution in [0.3, 0.4) is 0 Å². The lowest BCUT2D eigenvalue weighted by molar-refractivity contribution is -0.394. The topological polar surface area (TPSA) is 315 Å². The molecule has 72 heavy (non-hydrogen) atoms. The fourth-order valence-corrected chi connectivity index (χ4v) is 15.4. The van der Waals surface area contributed by atoms with Crippen LogP contribution in [0.4, 0.5) is 0 Å². The Kier molecular flexibility index (Phi) is 15.1. The molecule has 6 aliphatic heterocycles. The molecule has 0 radical (unpaired) electrons. The van der Waals surface area contributed by atoms with Crippen LogP contribution in [0.5, 0.6) is 0 Å². The van der Waals surface area contributed by atoms with Gasteiger partial charge < -0.3 is 104 Å². The highest BCUT2D eigenvalue weighted by molar-refractivity contribution is 5.29. The summed E-state index contributed by atoms with van der Waals surface area (Å²) in [7, 11) is 0. The molecule has 0 bridgehead atoms. The van der Waals surface area contributed by atoms with Crippen molar-refractivity contribution in [3.63, 3.8) is 0 Å². The maximum Gasteiger partial charge on any atom is 0.187 e. The van der Waals surface area contributed by atoms with Crippen LogP contribution < -0.4 is 0 Å². The molecule has 4 unspecified atom stereocenters. The summed E-state index contributed by atoms with van der Waals surface area (Å²) >= 11 is 0. The van der Waals surface area contributed by atoms with Crippen molar-refractivity contribution in [2.45, 2.75) is 253 Å². The first kappa shape index (κ1) is 54.3. The second-order valence-corrected chi connectivity index (χ2v) is 23.9. The van der Waals surface area contributed by atoms with Gasteiger partial charge in [0.05, 0.1) is 43.7 Å². The van der Waals surface area contributed by atoms with E-state index in [1.807, 2.05) is 0 Å². The lowest BCUT2D eigenvalue weighted by Gasteiger charge is -2.60. The highest BCUT2D eigenvalue weighted by Gasteiger charge is 2.76. The number of hydrogen-bond acceptors (Lipinski definition) is 21. The molecule has 21 nitrogen and oxygen atoms in total. The van der Waals surface area contributed by atoms with Crippen LogP contribution in [-0.2, 0) is 47.4 Å². The number of hydrogen-bond donors (Lipinski definition) is 11. The van der Waals surface area contributed by atoms with Crippen molar-refractivity contribution in [1.29, 1.82) is 0 Å². The molecule has 10 aliphatic rings. The van der Waals surface area contributed by atoms with Crippen LogP contribution in [0.2, 0.25) is 0 Å². The fourth-order valence-electron chi connectivity index (χ4n) is 15.4. The SMILES string of the molecule is C[C@@H]1CC[C@@]2(OC1)O[C@H]1CC3C4CC=C5CC(O[C@@H]6O[C@H](CO)[C@@H](O[C@@H]7O[C@@H](C)[C@H](O[C@@H]8O[C@@H](C)[C@H](O)[C@@H](O)[C@H]8O)[C@@H](O)[C@H]7O)[C@H](O)[C@H]6O[C@@H]6O[C@@H](C)[C@H](O)[C@@H](O)[C@H]6O)CC[C@]5(C)C4CC[C@]3(C)[C@@]1(O)[C@@H]2C. The number of ether oxygens (including phenoxy) is 10. The molecular formula is C51H82O21. The molecule has 21 heteroatoms. The molecule has 412 valence electrons. The van der Waals surface area contributed by atoms with Gasteiger partial charge in [-0.3, -0.25) is 0 Å². The van der Waals surface area contributed by atoms with Crippen molar-refractivity contribution in [3.8, 4) is 0 Å². The first-order valence-corrected chi connectivity index (χ1v) is 26.7. The van der Waals surface area contributed by atoms with E-state index in [0.717, 1.165) is 44.9 Å². The van der Waals surface area contributed by atoms with Crippen LogP contribution in [0.15, 0.2) is 11.6 Å². The summed E-state index contributed by atoms with van der Waals surface area (Å²) in [4.78, 5) is 0. The Balaban J connectivity index is 0.842. The average molecular weight is 1030 g/mol. The number of allylic oxidation sites excluding steroid dienone is 1. The van der Waals surface area contributed by atoms with Gasteiger partial charge in [-0.25, -0.2) is 0 Å². The molecule has 6 heterocycles. The zero-order chi connectivity index (χ0) is 51.7. The van der Waals surface area contributed by atoms with Gasteiger partial charge in [-0.1, -0.05) is 39.3 Å². The smallest absolute Gasteiger partial charge is 0.187 e. The summed E-state index contributed by atoms with van der Waals surface area (Å²) in [5.74, 6) is 0.531. The normalized spacial score (nSPS) is 58.8. The summed E-state index contributed by atoms with van der Waals surface area (Å²) in [6.45, 7) is 13.3. The van der Waals surface area contributed by atoms with Crippen molar-refractivity contribution >= 4 is 0 Å². The minimum Gasteiger partial charge on any atom is -0.394 e. The molecule has 6 saturated heterocycles. The van der Waals surface area contributed by atoms with E-state index >= 15 is 0 Å². The predicted octanol–water partition coefficient (Wildman–Crippen LogP) is -0.792. The van der Waals surface area contributed by atoms with Crippen LogP contribution in [0, 0.1) is 40.4 Å². The number of fused-ring (bicyclic) bond motifs is 7. The zero-order valence-electron chi connectivity index (χ0n) is 42.4. The van der Waals surface area contributed by atoms with Gasteiger partial charge >= 0.3 is 0 Å². The monoisotopic (exact) mass is 1030 g/mol. The quantitative estimate of drug-likeness (QED) is 0.126. The minimum absolute atomic E-state index is 0.151. The van der Waals surface area contributed by atoms with Crippen LogP contribution in [0.1, 0.15) is 106 Å².